The van der Waals surface area contributed by atoms with Crippen LogP contribution in [0.3, 0.4) is 0 Å². The Morgan fingerprint density at radius 1 is 1.13 bits per heavy atom. The van der Waals surface area contributed by atoms with E-state index in [1.165, 1.54) is 0 Å². The van der Waals surface area contributed by atoms with Crippen LogP contribution in [0.15, 0.2) is 36.4 Å². The molecule has 23 heavy (non-hydrogen) atoms. The molecule has 2 aromatic carbocycles. The number of carbonyl (C=O) groups is 1. The second kappa shape index (κ2) is 5.76. The van der Waals surface area contributed by atoms with Crippen molar-refractivity contribution in [1.82, 2.24) is 10.2 Å². The van der Waals surface area contributed by atoms with Gasteiger partial charge in [0.2, 0.25) is 0 Å². The van der Waals surface area contributed by atoms with E-state index in [1.54, 1.807) is 0 Å². The molecular weight excluding hydrogens is 288 g/mol. The van der Waals surface area contributed by atoms with Gasteiger partial charge in [-0.15, -0.1) is 0 Å². The van der Waals surface area contributed by atoms with E-state index >= 15 is 0 Å². The lowest BCUT2D eigenvalue weighted by Crippen LogP contribution is -2.14. The number of benzene rings is 2. The van der Waals surface area contributed by atoms with E-state index in [-0.39, 0.29) is 5.91 Å². The van der Waals surface area contributed by atoms with Crippen molar-refractivity contribution in [2.24, 2.45) is 0 Å². The van der Waals surface area contributed by atoms with Crippen molar-refractivity contribution < 1.29 is 4.79 Å². The first-order valence-electron chi connectivity index (χ1n) is 7.50. The summed E-state index contributed by atoms with van der Waals surface area (Å²) < 4.78 is 0. The Balaban J connectivity index is 1.90. The lowest BCUT2D eigenvalue weighted by atomic mass is 10.1. The highest BCUT2D eigenvalue weighted by Crippen LogP contribution is 2.23. The smallest absolute Gasteiger partial charge is 0.276 e. The van der Waals surface area contributed by atoms with Crippen LogP contribution in [0.25, 0.3) is 10.9 Å². The molecule has 3 aromatic rings. The molecule has 0 radical (unpaired) electrons. The van der Waals surface area contributed by atoms with Gasteiger partial charge in [0.15, 0.2) is 5.69 Å². The van der Waals surface area contributed by atoms with E-state index in [9.17, 15) is 4.79 Å². The number of rotatable bonds is 3. The molecule has 0 bridgehead atoms. The topological polar surface area (TPSA) is 61.0 Å². The molecule has 0 aliphatic rings. The van der Waals surface area contributed by atoms with Crippen LogP contribution in [0.1, 0.15) is 21.6 Å². The Kier molecular flexibility index (Phi) is 3.78. The molecule has 0 atom stereocenters. The third-order valence-electron chi connectivity index (χ3n) is 3.91. The molecular formula is C18H20N4O. The average Bonchev–Trinajstić information content (AvgIpc) is 2.92. The maximum atomic E-state index is 12.6. The summed E-state index contributed by atoms with van der Waals surface area (Å²) in [5, 5.41) is 10.9. The monoisotopic (exact) mass is 308 g/mol. The zero-order chi connectivity index (χ0) is 16.6. The lowest BCUT2D eigenvalue weighted by Gasteiger charge is -2.15. The van der Waals surface area contributed by atoms with Crippen molar-refractivity contribution in [2.75, 3.05) is 24.3 Å². The standard InChI is InChI=1S/C18H20N4O/c1-11-5-7-16-14(9-11)17(21-20-16)18(23)19-15-8-6-13(22(3)4)10-12(15)2/h5-10H,1-4H3,(H,19,23)(H,20,21). The fourth-order valence-corrected chi connectivity index (χ4v) is 2.55. The van der Waals surface area contributed by atoms with Crippen LogP contribution in [0.4, 0.5) is 11.4 Å². The molecule has 3 rings (SSSR count). The van der Waals surface area contributed by atoms with Gasteiger partial charge in [0.25, 0.3) is 5.91 Å². The zero-order valence-corrected chi connectivity index (χ0v) is 13.8. The fourth-order valence-electron chi connectivity index (χ4n) is 2.55. The second-order valence-electron chi connectivity index (χ2n) is 5.97. The molecule has 1 heterocycles. The minimum absolute atomic E-state index is 0.206. The van der Waals surface area contributed by atoms with Gasteiger partial charge in [-0.1, -0.05) is 11.6 Å². The van der Waals surface area contributed by atoms with Crippen molar-refractivity contribution in [3.05, 3.63) is 53.2 Å². The lowest BCUT2D eigenvalue weighted by molar-refractivity contribution is 0.102. The first-order chi connectivity index (χ1) is 11.0. The summed E-state index contributed by atoms with van der Waals surface area (Å²) in [5.41, 5.74) is 5.28. The van der Waals surface area contributed by atoms with Crippen LogP contribution in [0.2, 0.25) is 0 Å². The molecule has 0 saturated heterocycles. The quantitative estimate of drug-likeness (QED) is 0.778. The zero-order valence-electron chi connectivity index (χ0n) is 13.8. The van der Waals surface area contributed by atoms with Gasteiger partial charge < -0.3 is 10.2 Å². The van der Waals surface area contributed by atoms with Crippen molar-refractivity contribution in [2.45, 2.75) is 13.8 Å². The van der Waals surface area contributed by atoms with E-state index in [0.29, 0.717) is 5.69 Å². The highest BCUT2D eigenvalue weighted by Gasteiger charge is 2.15. The van der Waals surface area contributed by atoms with Gasteiger partial charge >= 0.3 is 0 Å². The van der Waals surface area contributed by atoms with Crippen LogP contribution in [0.5, 0.6) is 0 Å². The summed E-state index contributed by atoms with van der Waals surface area (Å²) in [4.78, 5) is 14.6. The molecule has 2 N–H and O–H groups in total. The molecule has 0 aliphatic carbocycles. The number of H-pyrrole nitrogens is 1. The first kappa shape index (κ1) is 15.1. The van der Waals surface area contributed by atoms with E-state index in [2.05, 4.69) is 15.5 Å². The number of aromatic amines is 1. The first-order valence-corrected chi connectivity index (χ1v) is 7.50. The van der Waals surface area contributed by atoms with Gasteiger partial charge in [0, 0.05) is 30.9 Å². The molecule has 1 aromatic heterocycles. The third kappa shape index (κ3) is 2.90. The molecule has 0 saturated carbocycles. The van der Waals surface area contributed by atoms with E-state index in [0.717, 1.165) is 33.4 Å². The van der Waals surface area contributed by atoms with Crippen LogP contribution in [-0.2, 0) is 0 Å². The maximum Gasteiger partial charge on any atom is 0.276 e. The number of aryl methyl sites for hydroxylation is 2. The van der Waals surface area contributed by atoms with Crippen molar-refractivity contribution in [1.29, 1.82) is 0 Å². The Labute approximate surface area is 135 Å². The molecule has 0 spiro atoms. The fraction of sp³-hybridized carbons (Fsp3) is 0.222. The van der Waals surface area contributed by atoms with Gasteiger partial charge in [-0.05, 0) is 49.7 Å². The van der Waals surface area contributed by atoms with Crippen LogP contribution in [-0.4, -0.2) is 30.2 Å². The Morgan fingerprint density at radius 3 is 2.61 bits per heavy atom. The normalized spacial score (nSPS) is 10.8. The summed E-state index contributed by atoms with van der Waals surface area (Å²) >= 11 is 0. The third-order valence-corrected chi connectivity index (χ3v) is 3.91. The molecule has 1 amide bonds. The molecule has 0 fully saturated rings. The van der Waals surface area contributed by atoms with Crippen molar-refractivity contribution >= 4 is 28.2 Å². The molecule has 5 heteroatoms. The number of amides is 1. The van der Waals surface area contributed by atoms with Gasteiger partial charge in [0.05, 0.1) is 5.52 Å². The largest absolute Gasteiger partial charge is 0.378 e. The number of hydrogen-bond acceptors (Lipinski definition) is 3. The van der Waals surface area contributed by atoms with E-state index in [1.807, 2.05) is 69.2 Å². The van der Waals surface area contributed by atoms with Crippen LogP contribution < -0.4 is 10.2 Å². The number of carbonyl (C=O) groups excluding carboxylic acids is 1. The number of nitrogens with one attached hydrogen (secondary N) is 2. The minimum atomic E-state index is -0.206. The van der Waals surface area contributed by atoms with Gasteiger partial charge in [0.1, 0.15) is 0 Å². The number of aromatic nitrogens is 2. The highest BCUT2D eigenvalue weighted by atomic mass is 16.1. The minimum Gasteiger partial charge on any atom is -0.378 e. The van der Waals surface area contributed by atoms with Crippen LogP contribution >= 0.6 is 0 Å². The average molecular weight is 308 g/mol. The summed E-state index contributed by atoms with van der Waals surface area (Å²) in [6.07, 6.45) is 0. The Hall–Kier alpha value is -2.82. The molecule has 0 aliphatic heterocycles. The van der Waals surface area contributed by atoms with Crippen LogP contribution in [0, 0.1) is 13.8 Å². The predicted octanol–water partition coefficient (Wildman–Crippen LogP) is 3.50. The summed E-state index contributed by atoms with van der Waals surface area (Å²) in [6.45, 7) is 3.98. The van der Waals surface area contributed by atoms with Gasteiger partial charge in [-0.3, -0.25) is 9.89 Å². The molecule has 118 valence electrons. The Bertz CT molecular complexity index is 880. The Morgan fingerprint density at radius 2 is 1.91 bits per heavy atom. The maximum absolute atomic E-state index is 12.6. The van der Waals surface area contributed by atoms with Gasteiger partial charge in [-0.2, -0.15) is 5.10 Å². The number of hydrogen-bond donors (Lipinski definition) is 2. The number of anilines is 2. The number of fused-ring (bicyclic) bond motifs is 1. The van der Waals surface area contributed by atoms with Gasteiger partial charge in [-0.25, -0.2) is 0 Å². The second-order valence-corrected chi connectivity index (χ2v) is 5.97. The summed E-state index contributed by atoms with van der Waals surface area (Å²) in [5.74, 6) is -0.206. The predicted molar refractivity (Wildman–Crippen MR) is 94.3 cm³/mol. The molecule has 0 unspecified atom stereocenters. The van der Waals surface area contributed by atoms with Crippen molar-refractivity contribution in [3.63, 3.8) is 0 Å². The summed E-state index contributed by atoms with van der Waals surface area (Å²) in [6, 6.07) is 11.8. The van der Waals surface area contributed by atoms with Crippen molar-refractivity contribution in [3.8, 4) is 0 Å². The number of nitrogens with zero attached hydrogens (tertiary/aromatic N) is 2. The SMILES string of the molecule is Cc1ccc2[nH]nc(C(=O)Nc3ccc(N(C)C)cc3C)c2c1. The van der Waals surface area contributed by atoms with E-state index < -0.39 is 0 Å². The molecule has 5 nitrogen and oxygen atoms in total. The summed E-state index contributed by atoms with van der Waals surface area (Å²) in [7, 11) is 3.98. The highest BCUT2D eigenvalue weighted by molar-refractivity contribution is 6.11. The van der Waals surface area contributed by atoms with E-state index in [4.69, 9.17) is 0 Å².